The lowest BCUT2D eigenvalue weighted by atomic mass is 10.2. The molecule has 0 saturated carbocycles. The SMILES string of the molecule is CC(C)(C)[Si](C)(C)OC[C@@H]1CCCS1. The van der Waals surface area contributed by atoms with Gasteiger partial charge in [0.05, 0.1) is 0 Å². The van der Waals surface area contributed by atoms with E-state index in [1.54, 1.807) is 0 Å². The zero-order valence-corrected chi connectivity index (χ0v) is 12.0. The van der Waals surface area contributed by atoms with Crippen LogP contribution in [0, 0.1) is 0 Å². The van der Waals surface area contributed by atoms with Crippen molar-refractivity contribution in [3.8, 4) is 0 Å². The summed E-state index contributed by atoms with van der Waals surface area (Å²) < 4.78 is 6.20. The third-order valence-corrected chi connectivity index (χ3v) is 9.33. The number of rotatable bonds is 3. The second kappa shape index (κ2) is 4.58. The maximum Gasteiger partial charge on any atom is 0.192 e. The first-order valence-corrected chi connectivity index (χ1v) is 9.54. The van der Waals surface area contributed by atoms with Gasteiger partial charge in [-0.15, -0.1) is 0 Å². The Kier molecular flexibility index (Phi) is 4.12. The fraction of sp³-hybridized carbons (Fsp3) is 1.00. The largest absolute Gasteiger partial charge is 0.416 e. The van der Waals surface area contributed by atoms with Crippen LogP contribution in [-0.2, 0) is 4.43 Å². The summed E-state index contributed by atoms with van der Waals surface area (Å²) in [7, 11) is -1.49. The van der Waals surface area contributed by atoms with Gasteiger partial charge in [-0.1, -0.05) is 20.8 Å². The molecule has 0 aromatic rings. The van der Waals surface area contributed by atoms with E-state index in [0.29, 0.717) is 5.04 Å². The molecule has 0 bridgehead atoms. The molecule has 1 saturated heterocycles. The van der Waals surface area contributed by atoms with Gasteiger partial charge in [-0.05, 0) is 36.7 Å². The molecule has 0 unspecified atom stereocenters. The Balaban J connectivity index is 2.35. The minimum absolute atomic E-state index is 0.357. The van der Waals surface area contributed by atoms with Gasteiger partial charge < -0.3 is 4.43 Å². The summed E-state index contributed by atoms with van der Waals surface area (Å²) >= 11 is 2.09. The van der Waals surface area contributed by atoms with E-state index in [2.05, 4.69) is 45.6 Å². The zero-order chi connectivity index (χ0) is 10.8. The normalized spacial score (nSPS) is 24.2. The monoisotopic (exact) mass is 232 g/mol. The third-order valence-electron chi connectivity index (χ3n) is 3.46. The quantitative estimate of drug-likeness (QED) is 0.683. The molecular weight excluding hydrogens is 208 g/mol. The van der Waals surface area contributed by atoms with Crippen molar-refractivity contribution in [3.05, 3.63) is 0 Å². The van der Waals surface area contributed by atoms with E-state index < -0.39 is 8.32 Å². The van der Waals surface area contributed by atoms with Crippen molar-refractivity contribution in [2.24, 2.45) is 0 Å². The summed E-state index contributed by atoms with van der Waals surface area (Å²) in [6.45, 7) is 12.6. The predicted octanol–water partition coefficient (Wildman–Crippen LogP) is 3.90. The highest BCUT2D eigenvalue weighted by atomic mass is 32.2. The fourth-order valence-electron chi connectivity index (χ4n) is 1.29. The van der Waals surface area contributed by atoms with Crippen LogP contribution in [0.5, 0.6) is 0 Å². The van der Waals surface area contributed by atoms with E-state index in [9.17, 15) is 0 Å². The van der Waals surface area contributed by atoms with Gasteiger partial charge in [-0.3, -0.25) is 0 Å². The van der Waals surface area contributed by atoms with Crippen LogP contribution in [-0.4, -0.2) is 25.9 Å². The Hall–Kier alpha value is 0.527. The summed E-state index contributed by atoms with van der Waals surface area (Å²) in [5.41, 5.74) is 0. The molecular formula is C11H24OSSi. The predicted molar refractivity (Wildman–Crippen MR) is 68.6 cm³/mol. The molecule has 0 aliphatic carbocycles. The summed E-state index contributed by atoms with van der Waals surface area (Å²) in [6, 6.07) is 0. The summed E-state index contributed by atoms with van der Waals surface area (Å²) in [5.74, 6) is 1.34. The molecule has 1 atom stereocenters. The molecule has 84 valence electrons. The highest BCUT2D eigenvalue weighted by Gasteiger charge is 2.37. The van der Waals surface area contributed by atoms with Crippen LogP contribution in [0.3, 0.4) is 0 Å². The van der Waals surface area contributed by atoms with Gasteiger partial charge >= 0.3 is 0 Å². The lowest BCUT2D eigenvalue weighted by molar-refractivity contribution is 0.286. The van der Waals surface area contributed by atoms with Gasteiger partial charge in [0.15, 0.2) is 8.32 Å². The first-order chi connectivity index (χ1) is 6.33. The first-order valence-electron chi connectivity index (χ1n) is 5.58. The maximum atomic E-state index is 6.20. The molecule has 1 heterocycles. The van der Waals surface area contributed by atoms with Crippen molar-refractivity contribution in [2.75, 3.05) is 12.4 Å². The van der Waals surface area contributed by atoms with E-state index in [1.165, 1.54) is 18.6 Å². The zero-order valence-electron chi connectivity index (χ0n) is 10.2. The third kappa shape index (κ3) is 3.28. The average molecular weight is 232 g/mol. The van der Waals surface area contributed by atoms with Gasteiger partial charge in [0.25, 0.3) is 0 Å². The highest BCUT2D eigenvalue weighted by molar-refractivity contribution is 8.00. The van der Waals surface area contributed by atoms with E-state index in [1.807, 2.05) is 0 Å². The van der Waals surface area contributed by atoms with E-state index in [4.69, 9.17) is 4.43 Å². The Morgan fingerprint density at radius 1 is 1.36 bits per heavy atom. The van der Waals surface area contributed by atoms with Crippen LogP contribution in [0.4, 0.5) is 0 Å². The van der Waals surface area contributed by atoms with Crippen LogP contribution < -0.4 is 0 Å². The van der Waals surface area contributed by atoms with Crippen molar-refractivity contribution in [1.29, 1.82) is 0 Å². The van der Waals surface area contributed by atoms with Crippen LogP contribution in [0.1, 0.15) is 33.6 Å². The Morgan fingerprint density at radius 3 is 2.43 bits per heavy atom. The molecule has 0 N–H and O–H groups in total. The van der Waals surface area contributed by atoms with Crippen molar-refractivity contribution >= 4 is 20.1 Å². The fourth-order valence-corrected chi connectivity index (χ4v) is 3.63. The molecule has 0 amide bonds. The molecule has 14 heavy (non-hydrogen) atoms. The summed E-state index contributed by atoms with van der Waals surface area (Å²) in [6.07, 6.45) is 2.75. The smallest absolute Gasteiger partial charge is 0.192 e. The first kappa shape index (κ1) is 12.6. The minimum Gasteiger partial charge on any atom is -0.416 e. The second-order valence-electron chi connectivity index (χ2n) is 5.71. The van der Waals surface area contributed by atoms with Gasteiger partial charge in [0.1, 0.15) is 0 Å². The van der Waals surface area contributed by atoms with Crippen molar-refractivity contribution in [1.82, 2.24) is 0 Å². The molecule has 3 heteroatoms. The molecule has 1 aliphatic rings. The van der Waals surface area contributed by atoms with Crippen LogP contribution in [0.15, 0.2) is 0 Å². The molecule has 1 aliphatic heterocycles. The molecule has 0 spiro atoms. The molecule has 1 nitrogen and oxygen atoms in total. The lowest BCUT2D eigenvalue weighted by Gasteiger charge is -2.36. The molecule has 0 radical (unpaired) electrons. The van der Waals surface area contributed by atoms with E-state index in [0.717, 1.165) is 11.9 Å². The summed E-state index contributed by atoms with van der Waals surface area (Å²) in [4.78, 5) is 0. The van der Waals surface area contributed by atoms with Crippen molar-refractivity contribution in [3.63, 3.8) is 0 Å². The standard InChI is InChI=1S/C11H24OSSi/c1-11(2,3)14(4,5)12-9-10-7-6-8-13-10/h10H,6-9H2,1-5H3/t10-/m0/s1. The lowest BCUT2D eigenvalue weighted by Crippen LogP contribution is -2.42. The number of hydrogen-bond acceptors (Lipinski definition) is 2. The van der Waals surface area contributed by atoms with Crippen molar-refractivity contribution in [2.45, 2.75) is 57.0 Å². The molecule has 1 rings (SSSR count). The van der Waals surface area contributed by atoms with Crippen LogP contribution in [0.2, 0.25) is 18.1 Å². The second-order valence-corrected chi connectivity index (χ2v) is 11.9. The van der Waals surface area contributed by atoms with Gasteiger partial charge in [0.2, 0.25) is 0 Å². The van der Waals surface area contributed by atoms with Gasteiger partial charge in [0, 0.05) is 11.9 Å². The molecule has 0 aromatic heterocycles. The Bertz CT molecular complexity index is 180. The van der Waals surface area contributed by atoms with Gasteiger partial charge in [-0.2, -0.15) is 11.8 Å². The summed E-state index contributed by atoms with van der Waals surface area (Å²) in [5, 5.41) is 1.14. The van der Waals surface area contributed by atoms with Gasteiger partial charge in [-0.25, -0.2) is 0 Å². The topological polar surface area (TPSA) is 9.23 Å². The minimum atomic E-state index is -1.49. The highest BCUT2D eigenvalue weighted by Crippen LogP contribution is 2.37. The Morgan fingerprint density at radius 2 is 2.00 bits per heavy atom. The number of thioether (sulfide) groups is 1. The van der Waals surface area contributed by atoms with Crippen LogP contribution >= 0.6 is 11.8 Å². The molecule has 1 fully saturated rings. The van der Waals surface area contributed by atoms with Crippen LogP contribution in [0.25, 0.3) is 0 Å². The van der Waals surface area contributed by atoms with E-state index in [-0.39, 0.29) is 0 Å². The number of hydrogen-bond donors (Lipinski definition) is 0. The molecule has 0 aromatic carbocycles. The van der Waals surface area contributed by atoms with Crippen molar-refractivity contribution < 1.29 is 4.43 Å². The Labute approximate surface area is 94.1 Å². The maximum absolute atomic E-state index is 6.20. The van der Waals surface area contributed by atoms with E-state index >= 15 is 0 Å². The average Bonchev–Trinajstić information content (AvgIpc) is 2.50.